The van der Waals surface area contributed by atoms with E-state index >= 15 is 0 Å². The zero-order valence-corrected chi connectivity index (χ0v) is 15.5. The Hall–Kier alpha value is -3.19. The maximum atomic E-state index is 12.3. The minimum Gasteiger partial charge on any atom is -0.459 e. The van der Waals surface area contributed by atoms with Gasteiger partial charge in [-0.15, -0.1) is 0 Å². The Balaban J connectivity index is 2.84. The van der Waals surface area contributed by atoms with Crippen molar-refractivity contribution in [1.82, 2.24) is 10.6 Å². The van der Waals surface area contributed by atoms with Gasteiger partial charge in [-0.05, 0) is 5.56 Å². The van der Waals surface area contributed by atoms with E-state index in [0.29, 0.717) is 5.56 Å². The van der Waals surface area contributed by atoms with Crippen LogP contribution < -0.4 is 16.4 Å². The maximum Gasteiger partial charge on any atom is 0.490 e. The van der Waals surface area contributed by atoms with Crippen LogP contribution in [0, 0.1) is 0 Å². The summed E-state index contributed by atoms with van der Waals surface area (Å²) in [6.07, 6.45) is -5.31. The SMILES string of the molecule is NCC(=O)N[C@@H](CO)C(=O)N[C@@H](COC(=O)C(F)(F)F)C(=O)OCc1ccccc1. The van der Waals surface area contributed by atoms with Crippen molar-refractivity contribution in [1.29, 1.82) is 0 Å². The molecule has 10 nitrogen and oxygen atoms in total. The Morgan fingerprint density at radius 2 is 1.67 bits per heavy atom. The number of hydrogen-bond acceptors (Lipinski definition) is 8. The Morgan fingerprint density at radius 1 is 1.03 bits per heavy atom. The highest BCUT2D eigenvalue weighted by Crippen LogP contribution is 2.16. The van der Waals surface area contributed by atoms with E-state index in [4.69, 9.17) is 10.5 Å². The number of halogens is 3. The van der Waals surface area contributed by atoms with Crippen molar-refractivity contribution >= 4 is 23.8 Å². The lowest BCUT2D eigenvalue weighted by Crippen LogP contribution is -2.55. The molecule has 0 aliphatic rings. The molecular formula is C17H20F3N3O7. The van der Waals surface area contributed by atoms with Gasteiger partial charge in [0.2, 0.25) is 11.8 Å². The fourth-order valence-electron chi connectivity index (χ4n) is 1.96. The van der Waals surface area contributed by atoms with Crippen LogP contribution in [0.4, 0.5) is 13.2 Å². The summed E-state index contributed by atoms with van der Waals surface area (Å²) in [7, 11) is 0. The summed E-state index contributed by atoms with van der Waals surface area (Å²) in [6.45, 7) is -2.87. The van der Waals surface area contributed by atoms with Crippen LogP contribution in [0.25, 0.3) is 0 Å². The summed E-state index contributed by atoms with van der Waals surface area (Å²) in [5, 5.41) is 13.2. The number of benzene rings is 1. The highest BCUT2D eigenvalue weighted by molar-refractivity contribution is 5.91. The molecule has 0 saturated carbocycles. The summed E-state index contributed by atoms with van der Waals surface area (Å²) >= 11 is 0. The lowest BCUT2D eigenvalue weighted by atomic mass is 10.2. The third kappa shape index (κ3) is 8.45. The molecule has 5 N–H and O–H groups in total. The van der Waals surface area contributed by atoms with Crippen molar-refractivity contribution in [3.05, 3.63) is 35.9 Å². The molecule has 0 unspecified atom stereocenters. The van der Waals surface area contributed by atoms with E-state index in [1.54, 1.807) is 30.3 Å². The first-order valence-electron chi connectivity index (χ1n) is 8.43. The second-order valence-corrected chi connectivity index (χ2v) is 5.76. The predicted molar refractivity (Wildman–Crippen MR) is 93.3 cm³/mol. The van der Waals surface area contributed by atoms with Crippen LogP contribution in [0.15, 0.2) is 30.3 Å². The van der Waals surface area contributed by atoms with E-state index in [1.807, 2.05) is 10.6 Å². The molecular weight excluding hydrogens is 415 g/mol. The van der Waals surface area contributed by atoms with Crippen molar-refractivity contribution in [2.24, 2.45) is 5.73 Å². The molecule has 0 radical (unpaired) electrons. The number of aliphatic hydroxyl groups is 1. The van der Waals surface area contributed by atoms with Gasteiger partial charge in [0.05, 0.1) is 13.2 Å². The van der Waals surface area contributed by atoms with Crippen molar-refractivity contribution < 1.29 is 46.9 Å². The molecule has 0 aliphatic carbocycles. The number of carbonyl (C=O) groups excluding carboxylic acids is 4. The number of alkyl halides is 3. The van der Waals surface area contributed by atoms with Crippen molar-refractivity contribution in [3.8, 4) is 0 Å². The van der Waals surface area contributed by atoms with Gasteiger partial charge in [-0.25, -0.2) is 9.59 Å². The van der Waals surface area contributed by atoms with Crippen LogP contribution in [0.3, 0.4) is 0 Å². The van der Waals surface area contributed by atoms with Gasteiger partial charge in [-0.2, -0.15) is 13.2 Å². The molecule has 13 heteroatoms. The zero-order valence-electron chi connectivity index (χ0n) is 15.5. The van der Waals surface area contributed by atoms with Crippen LogP contribution >= 0.6 is 0 Å². The van der Waals surface area contributed by atoms with E-state index in [9.17, 15) is 37.5 Å². The van der Waals surface area contributed by atoms with Crippen LogP contribution in [0.1, 0.15) is 5.56 Å². The Kier molecular flexibility index (Phi) is 9.71. The molecule has 1 aromatic carbocycles. The predicted octanol–water partition coefficient (Wildman–Crippen LogP) is -1.24. The molecule has 0 aliphatic heterocycles. The quantitative estimate of drug-likeness (QED) is 0.332. The van der Waals surface area contributed by atoms with Crippen molar-refractivity contribution in [2.75, 3.05) is 19.8 Å². The third-order valence-electron chi connectivity index (χ3n) is 3.46. The summed E-state index contributed by atoms with van der Waals surface area (Å²) in [5.74, 6) is -5.73. The van der Waals surface area contributed by atoms with Crippen LogP contribution in [-0.2, 0) is 35.3 Å². The molecule has 1 aromatic rings. The monoisotopic (exact) mass is 435 g/mol. The number of esters is 2. The standard InChI is InChI=1S/C17H20F3N3O7/c18-17(19,20)16(28)30-9-12(15(27)29-8-10-4-2-1-3-5-10)23-14(26)11(7-24)22-13(25)6-21/h1-5,11-12,24H,6-9,21H2,(H,22,25)(H,23,26)/t11-,12-/m0/s1. The Bertz CT molecular complexity index is 744. The van der Waals surface area contributed by atoms with Gasteiger partial charge in [0.1, 0.15) is 19.3 Å². The molecule has 0 bridgehead atoms. The highest BCUT2D eigenvalue weighted by atomic mass is 19.4. The van der Waals surface area contributed by atoms with Gasteiger partial charge in [-0.1, -0.05) is 30.3 Å². The van der Waals surface area contributed by atoms with Gasteiger partial charge in [-0.3, -0.25) is 9.59 Å². The number of carbonyl (C=O) groups is 4. The second kappa shape index (κ2) is 11.7. The summed E-state index contributed by atoms with van der Waals surface area (Å²) < 4.78 is 45.9. The molecule has 2 amide bonds. The topological polar surface area (TPSA) is 157 Å². The number of aliphatic hydroxyl groups excluding tert-OH is 1. The van der Waals surface area contributed by atoms with E-state index in [0.717, 1.165) is 0 Å². The Morgan fingerprint density at radius 3 is 2.20 bits per heavy atom. The molecule has 0 fully saturated rings. The lowest BCUT2D eigenvalue weighted by Gasteiger charge is -2.21. The smallest absolute Gasteiger partial charge is 0.459 e. The van der Waals surface area contributed by atoms with Gasteiger partial charge in [0.25, 0.3) is 0 Å². The lowest BCUT2D eigenvalue weighted by molar-refractivity contribution is -0.200. The second-order valence-electron chi connectivity index (χ2n) is 5.76. The van der Waals surface area contributed by atoms with Crippen LogP contribution in [0.5, 0.6) is 0 Å². The fourth-order valence-corrected chi connectivity index (χ4v) is 1.96. The van der Waals surface area contributed by atoms with Gasteiger partial charge in [0.15, 0.2) is 6.04 Å². The maximum absolute atomic E-state index is 12.3. The number of hydrogen-bond donors (Lipinski definition) is 4. The van der Waals surface area contributed by atoms with Gasteiger partial charge < -0.3 is 30.9 Å². The molecule has 0 spiro atoms. The molecule has 1 rings (SSSR count). The zero-order chi connectivity index (χ0) is 22.7. The summed E-state index contributed by atoms with van der Waals surface area (Å²) in [4.78, 5) is 46.6. The average Bonchev–Trinajstić information content (AvgIpc) is 2.72. The fraction of sp³-hybridized carbons (Fsp3) is 0.412. The number of nitrogens with one attached hydrogen (secondary N) is 2. The van der Waals surface area contributed by atoms with Gasteiger partial charge in [0, 0.05) is 0 Å². The van der Waals surface area contributed by atoms with E-state index in [-0.39, 0.29) is 6.61 Å². The minimum absolute atomic E-state index is 0.271. The number of ether oxygens (including phenoxy) is 2. The number of nitrogens with two attached hydrogens (primary N) is 1. The van der Waals surface area contributed by atoms with E-state index in [2.05, 4.69) is 4.74 Å². The molecule has 0 saturated heterocycles. The first kappa shape index (κ1) is 24.8. The summed E-state index contributed by atoms with van der Waals surface area (Å²) in [6, 6.07) is 4.83. The molecule has 0 aromatic heterocycles. The van der Waals surface area contributed by atoms with Crippen molar-refractivity contribution in [3.63, 3.8) is 0 Å². The van der Waals surface area contributed by atoms with E-state index < -0.39 is 61.8 Å². The normalized spacial score (nSPS) is 13.0. The van der Waals surface area contributed by atoms with Gasteiger partial charge >= 0.3 is 18.1 Å². The summed E-state index contributed by atoms with van der Waals surface area (Å²) in [5.41, 5.74) is 5.63. The molecule has 0 heterocycles. The molecule has 2 atom stereocenters. The Labute approximate surface area is 168 Å². The van der Waals surface area contributed by atoms with E-state index in [1.165, 1.54) is 0 Å². The number of amides is 2. The average molecular weight is 435 g/mol. The largest absolute Gasteiger partial charge is 0.490 e. The van der Waals surface area contributed by atoms with Crippen molar-refractivity contribution in [2.45, 2.75) is 24.9 Å². The number of rotatable bonds is 10. The molecule has 30 heavy (non-hydrogen) atoms. The third-order valence-corrected chi connectivity index (χ3v) is 3.46. The first-order valence-corrected chi connectivity index (χ1v) is 8.43. The van der Waals surface area contributed by atoms with Crippen LogP contribution in [-0.4, -0.2) is 66.9 Å². The van der Waals surface area contributed by atoms with Crippen LogP contribution in [0.2, 0.25) is 0 Å². The minimum atomic E-state index is -5.31. The highest BCUT2D eigenvalue weighted by Gasteiger charge is 2.42. The molecule has 166 valence electrons. The first-order chi connectivity index (χ1) is 14.1.